The molecule has 0 N–H and O–H groups in total. The van der Waals surface area contributed by atoms with Gasteiger partial charge in [0.2, 0.25) is 0 Å². The van der Waals surface area contributed by atoms with E-state index in [4.69, 9.17) is 0 Å². The Labute approximate surface area is 146 Å². The van der Waals surface area contributed by atoms with E-state index in [1.807, 2.05) is 5.01 Å². The van der Waals surface area contributed by atoms with Crippen LogP contribution in [0.1, 0.15) is 11.1 Å². The van der Waals surface area contributed by atoms with Gasteiger partial charge in [-0.25, -0.2) is 0 Å². The molecule has 0 unspecified atom stereocenters. The zero-order valence-corrected chi connectivity index (χ0v) is 14.2. The zero-order valence-electron chi connectivity index (χ0n) is 14.2. The number of benzene rings is 2. The number of piperazine rings is 1. The molecule has 1 heterocycles. The fraction of sp³-hybridized carbons (Fsp3) is 0.333. The highest BCUT2D eigenvalue weighted by Gasteiger charge is 2.16. The minimum atomic E-state index is -0.422. The molecule has 0 atom stereocenters. The van der Waals surface area contributed by atoms with E-state index >= 15 is 0 Å². The summed E-state index contributed by atoms with van der Waals surface area (Å²) in [6.45, 7) is 6.62. The molecule has 25 heavy (non-hydrogen) atoms. The molecule has 130 valence electrons. The van der Waals surface area contributed by atoms with Gasteiger partial charge in [-0.15, -0.1) is 5.11 Å². The Balaban J connectivity index is 1.50. The maximum Gasteiger partial charge on any atom is 0.269 e. The van der Waals surface area contributed by atoms with Crippen molar-refractivity contribution in [3.05, 3.63) is 69.8 Å². The number of nitro benzene ring substituents is 1. The fourth-order valence-electron chi connectivity index (χ4n) is 2.77. The van der Waals surface area contributed by atoms with Crippen LogP contribution >= 0.6 is 0 Å². The summed E-state index contributed by atoms with van der Waals surface area (Å²) in [5.74, 6) is 0. The molecule has 0 radical (unpaired) electrons. The number of non-ortho nitro benzene ring substituents is 1. The van der Waals surface area contributed by atoms with Crippen LogP contribution in [0.4, 0.5) is 11.4 Å². The molecule has 1 saturated heterocycles. The summed E-state index contributed by atoms with van der Waals surface area (Å²) in [6, 6.07) is 14.6. The lowest BCUT2D eigenvalue weighted by atomic mass is 10.1. The third-order valence-electron chi connectivity index (χ3n) is 4.35. The van der Waals surface area contributed by atoms with Crippen LogP contribution in [0.25, 0.3) is 0 Å². The van der Waals surface area contributed by atoms with Crippen LogP contribution in [0.3, 0.4) is 0 Å². The Hall–Kier alpha value is -2.80. The van der Waals surface area contributed by atoms with Gasteiger partial charge in [-0.2, -0.15) is 0 Å². The maximum atomic E-state index is 10.6. The normalized spacial score (nSPS) is 15.6. The Morgan fingerprint density at radius 3 is 2.36 bits per heavy atom. The molecule has 0 bridgehead atoms. The van der Waals surface area contributed by atoms with Crippen molar-refractivity contribution in [2.75, 3.05) is 26.2 Å². The monoisotopic (exact) mass is 339 g/mol. The molecule has 0 aromatic heterocycles. The number of aryl methyl sites for hydroxylation is 1. The summed E-state index contributed by atoms with van der Waals surface area (Å²) >= 11 is 0. The van der Waals surface area contributed by atoms with Gasteiger partial charge in [0.1, 0.15) is 0 Å². The van der Waals surface area contributed by atoms with Crippen molar-refractivity contribution >= 4 is 11.4 Å². The first kappa shape index (κ1) is 17.0. The zero-order chi connectivity index (χ0) is 17.6. The number of rotatable bonds is 5. The molecule has 2 aromatic rings. The first-order valence-electron chi connectivity index (χ1n) is 8.30. The fourth-order valence-corrected chi connectivity index (χ4v) is 2.77. The summed E-state index contributed by atoms with van der Waals surface area (Å²) in [5.41, 5.74) is 3.36. The van der Waals surface area contributed by atoms with Crippen molar-refractivity contribution in [2.24, 2.45) is 10.3 Å². The third-order valence-corrected chi connectivity index (χ3v) is 4.35. The lowest BCUT2D eigenvalue weighted by Crippen LogP contribution is -2.43. The van der Waals surface area contributed by atoms with E-state index in [0.717, 1.165) is 32.7 Å². The second kappa shape index (κ2) is 7.85. The van der Waals surface area contributed by atoms with Crippen LogP contribution in [0.15, 0.2) is 58.9 Å². The average Bonchev–Trinajstić information content (AvgIpc) is 2.63. The molecule has 2 aromatic carbocycles. The number of hydrogen-bond acceptors (Lipinski definition) is 5. The molecule has 1 fully saturated rings. The summed E-state index contributed by atoms with van der Waals surface area (Å²) in [7, 11) is 0. The quantitative estimate of drug-likeness (QED) is 0.473. The van der Waals surface area contributed by atoms with E-state index in [0.29, 0.717) is 5.69 Å². The van der Waals surface area contributed by atoms with E-state index in [-0.39, 0.29) is 5.69 Å². The van der Waals surface area contributed by atoms with Crippen LogP contribution in [0, 0.1) is 17.0 Å². The number of hydrogen-bond donors (Lipinski definition) is 0. The van der Waals surface area contributed by atoms with Gasteiger partial charge in [0.15, 0.2) is 0 Å². The lowest BCUT2D eigenvalue weighted by molar-refractivity contribution is -0.384. The second-order valence-electron chi connectivity index (χ2n) is 6.12. The van der Waals surface area contributed by atoms with E-state index in [1.165, 1.54) is 23.3 Å². The molecule has 1 aliphatic rings. The standard InChI is InChI=1S/C18H21N5O2/c1-15-4-2-3-5-16(15)14-21-10-12-22(13-11-21)20-19-17-6-8-18(9-7-17)23(24)25/h2-9H,10-14H2,1H3/b20-19+. The van der Waals surface area contributed by atoms with Crippen molar-refractivity contribution < 1.29 is 4.92 Å². The van der Waals surface area contributed by atoms with Crippen molar-refractivity contribution in [1.29, 1.82) is 0 Å². The van der Waals surface area contributed by atoms with Crippen LogP contribution in [-0.4, -0.2) is 41.0 Å². The molecule has 0 aliphatic carbocycles. The van der Waals surface area contributed by atoms with Crippen molar-refractivity contribution in [3.63, 3.8) is 0 Å². The van der Waals surface area contributed by atoms with Crippen molar-refractivity contribution in [3.8, 4) is 0 Å². The first-order chi connectivity index (χ1) is 12.1. The number of nitro groups is 1. The van der Waals surface area contributed by atoms with Gasteiger partial charge in [0, 0.05) is 31.8 Å². The van der Waals surface area contributed by atoms with Crippen LogP contribution in [-0.2, 0) is 6.54 Å². The molecule has 0 amide bonds. The second-order valence-corrected chi connectivity index (χ2v) is 6.12. The van der Waals surface area contributed by atoms with E-state index < -0.39 is 4.92 Å². The van der Waals surface area contributed by atoms with Gasteiger partial charge >= 0.3 is 0 Å². The molecule has 7 heteroatoms. The highest BCUT2D eigenvalue weighted by molar-refractivity contribution is 5.43. The predicted molar refractivity (Wildman–Crippen MR) is 95.6 cm³/mol. The van der Waals surface area contributed by atoms with Crippen LogP contribution in [0.2, 0.25) is 0 Å². The van der Waals surface area contributed by atoms with Crippen molar-refractivity contribution in [1.82, 2.24) is 9.91 Å². The lowest BCUT2D eigenvalue weighted by Gasteiger charge is -2.32. The minimum absolute atomic E-state index is 0.0590. The van der Waals surface area contributed by atoms with E-state index in [1.54, 1.807) is 12.1 Å². The molecule has 3 rings (SSSR count). The topological polar surface area (TPSA) is 74.3 Å². The predicted octanol–water partition coefficient (Wildman–Crippen LogP) is 3.72. The van der Waals surface area contributed by atoms with Gasteiger partial charge < -0.3 is 0 Å². The van der Waals surface area contributed by atoms with E-state index in [2.05, 4.69) is 46.4 Å². The largest absolute Gasteiger partial charge is 0.295 e. The van der Waals surface area contributed by atoms with Crippen LogP contribution < -0.4 is 0 Å². The molecule has 1 aliphatic heterocycles. The number of nitrogens with zero attached hydrogens (tertiary/aromatic N) is 5. The van der Waals surface area contributed by atoms with Gasteiger partial charge in [0.05, 0.1) is 23.7 Å². The molecule has 7 nitrogen and oxygen atoms in total. The Morgan fingerprint density at radius 2 is 1.72 bits per heavy atom. The smallest absolute Gasteiger partial charge is 0.269 e. The summed E-state index contributed by atoms with van der Waals surface area (Å²) < 4.78 is 0. The molecular formula is C18H21N5O2. The molecule has 0 spiro atoms. The Bertz CT molecular complexity index is 752. The highest BCUT2D eigenvalue weighted by Crippen LogP contribution is 2.19. The summed E-state index contributed by atoms with van der Waals surface area (Å²) in [4.78, 5) is 12.6. The molecule has 0 saturated carbocycles. The first-order valence-corrected chi connectivity index (χ1v) is 8.30. The van der Waals surface area contributed by atoms with E-state index in [9.17, 15) is 10.1 Å². The Kier molecular flexibility index (Phi) is 5.35. The van der Waals surface area contributed by atoms with Gasteiger partial charge in [-0.05, 0) is 30.2 Å². The summed E-state index contributed by atoms with van der Waals surface area (Å²) in [5, 5.41) is 21.0. The SMILES string of the molecule is Cc1ccccc1CN1CCN(/N=N/c2ccc([N+](=O)[O-])cc2)CC1. The molecular weight excluding hydrogens is 318 g/mol. The third kappa shape index (κ3) is 4.60. The Morgan fingerprint density at radius 1 is 1.04 bits per heavy atom. The average molecular weight is 339 g/mol. The summed E-state index contributed by atoms with van der Waals surface area (Å²) in [6.07, 6.45) is 0. The highest BCUT2D eigenvalue weighted by atomic mass is 16.6. The van der Waals surface area contributed by atoms with Gasteiger partial charge in [-0.3, -0.25) is 20.0 Å². The maximum absolute atomic E-state index is 10.6. The van der Waals surface area contributed by atoms with Crippen LogP contribution in [0.5, 0.6) is 0 Å². The minimum Gasteiger partial charge on any atom is -0.295 e. The van der Waals surface area contributed by atoms with Gasteiger partial charge in [0.25, 0.3) is 5.69 Å². The van der Waals surface area contributed by atoms with Gasteiger partial charge in [-0.1, -0.05) is 29.5 Å². The van der Waals surface area contributed by atoms with Crippen molar-refractivity contribution in [2.45, 2.75) is 13.5 Å².